The van der Waals surface area contributed by atoms with E-state index in [-0.39, 0.29) is 18.3 Å². The number of nitrogens with one attached hydrogen (secondary N) is 1. The molecule has 0 unspecified atom stereocenters. The first kappa shape index (κ1) is 18.5. The first-order valence-electron chi connectivity index (χ1n) is 8.67. The lowest BCUT2D eigenvalue weighted by Gasteiger charge is -2.06. The third-order valence-corrected chi connectivity index (χ3v) is 4.14. The van der Waals surface area contributed by atoms with Gasteiger partial charge >= 0.3 is 0 Å². The summed E-state index contributed by atoms with van der Waals surface area (Å²) >= 11 is 0. The average molecular weight is 395 g/mol. The second-order valence-corrected chi connectivity index (χ2v) is 6.19. The second-order valence-electron chi connectivity index (χ2n) is 6.19. The molecule has 0 radical (unpaired) electrons. The molecule has 1 N–H and O–H groups in total. The summed E-state index contributed by atoms with van der Waals surface area (Å²) in [6, 6.07) is 12.3. The molecule has 0 saturated carbocycles. The van der Waals surface area contributed by atoms with Gasteiger partial charge in [0.05, 0.1) is 0 Å². The van der Waals surface area contributed by atoms with Gasteiger partial charge in [-0.25, -0.2) is 13.9 Å². The van der Waals surface area contributed by atoms with Crippen molar-refractivity contribution < 1.29 is 18.3 Å². The minimum Gasteiger partial charge on any atom is -0.481 e. The van der Waals surface area contributed by atoms with Crippen LogP contribution in [0.3, 0.4) is 0 Å². The molecule has 146 valence electrons. The molecule has 1 aromatic carbocycles. The lowest BCUT2D eigenvalue weighted by Crippen LogP contribution is -2.21. The number of carbonyl (C=O) groups is 1. The topological polar surface area (TPSA) is 81.4 Å². The number of benzene rings is 1. The number of hydrogen-bond donors (Lipinski definition) is 1. The average Bonchev–Trinajstić information content (AvgIpc) is 3.08. The molecule has 0 bridgehead atoms. The summed E-state index contributed by atoms with van der Waals surface area (Å²) in [4.78, 5) is 20.1. The van der Waals surface area contributed by atoms with E-state index >= 15 is 0 Å². The van der Waals surface area contributed by atoms with Crippen LogP contribution in [0.25, 0.3) is 16.8 Å². The van der Waals surface area contributed by atoms with Gasteiger partial charge in [-0.1, -0.05) is 12.1 Å². The van der Waals surface area contributed by atoms with Crippen molar-refractivity contribution in [1.29, 1.82) is 0 Å². The van der Waals surface area contributed by atoms with Crippen LogP contribution >= 0.6 is 0 Å². The van der Waals surface area contributed by atoms with Crippen LogP contribution in [0.1, 0.15) is 5.69 Å². The molecule has 3 aromatic heterocycles. The number of aromatic nitrogens is 4. The van der Waals surface area contributed by atoms with Crippen LogP contribution in [0.15, 0.2) is 54.7 Å². The maximum absolute atomic E-state index is 13.5. The van der Waals surface area contributed by atoms with Crippen LogP contribution in [0.5, 0.6) is 5.75 Å². The first-order chi connectivity index (χ1) is 14.0. The normalized spacial score (nSPS) is 10.9. The van der Waals surface area contributed by atoms with Crippen LogP contribution in [0.4, 0.5) is 14.7 Å². The van der Waals surface area contributed by atoms with E-state index in [1.165, 1.54) is 28.8 Å². The predicted molar refractivity (Wildman–Crippen MR) is 101 cm³/mol. The standard InChI is InChI=1S/C20H15F2N5O2/c1-12-14(7-8-17(22)23-12)13-6-9-18-24-20(26-27(18)10-13)25-19(28)11-29-16-5-3-2-4-15(16)21/h2-10H,11H2,1H3,(H,25,26,28). The Morgan fingerprint density at radius 2 is 1.93 bits per heavy atom. The van der Waals surface area contributed by atoms with Crippen LogP contribution < -0.4 is 10.1 Å². The molecule has 0 aliphatic carbocycles. The number of rotatable bonds is 5. The summed E-state index contributed by atoms with van der Waals surface area (Å²) in [5.74, 6) is -1.56. The monoisotopic (exact) mass is 395 g/mol. The van der Waals surface area contributed by atoms with Crippen molar-refractivity contribution in [1.82, 2.24) is 19.6 Å². The highest BCUT2D eigenvalue weighted by Gasteiger charge is 2.12. The molecular formula is C20H15F2N5O2. The Labute approximate surface area is 164 Å². The molecule has 7 nitrogen and oxygen atoms in total. The lowest BCUT2D eigenvalue weighted by molar-refractivity contribution is -0.118. The van der Waals surface area contributed by atoms with E-state index in [2.05, 4.69) is 20.4 Å². The van der Waals surface area contributed by atoms with Crippen molar-refractivity contribution in [3.05, 3.63) is 72.2 Å². The number of ether oxygens (including phenoxy) is 1. The Hall–Kier alpha value is -3.88. The van der Waals surface area contributed by atoms with E-state index in [9.17, 15) is 13.6 Å². The van der Waals surface area contributed by atoms with Gasteiger partial charge in [-0.05, 0) is 43.3 Å². The summed E-state index contributed by atoms with van der Waals surface area (Å²) in [5.41, 5.74) is 2.58. The summed E-state index contributed by atoms with van der Waals surface area (Å²) in [6.45, 7) is 1.33. The quantitative estimate of drug-likeness (QED) is 0.524. The number of amides is 1. The second kappa shape index (κ2) is 7.63. The highest BCUT2D eigenvalue weighted by atomic mass is 19.1. The molecular weight excluding hydrogens is 380 g/mol. The van der Waals surface area contributed by atoms with Gasteiger partial charge in [-0.15, -0.1) is 5.10 Å². The fourth-order valence-electron chi connectivity index (χ4n) is 2.80. The summed E-state index contributed by atoms with van der Waals surface area (Å²) in [5, 5.41) is 6.72. The Kier molecular flexibility index (Phi) is 4.86. The van der Waals surface area contributed by atoms with E-state index in [1.807, 2.05) is 0 Å². The van der Waals surface area contributed by atoms with Crippen molar-refractivity contribution in [2.75, 3.05) is 11.9 Å². The number of carbonyl (C=O) groups excluding carboxylic acids is 1. The number of aryl methyl sites for hydroxylation is 1. The fourth-order valence-corrected chi connectivity index (χ4v) is 2.80. The highest BCUT2D eigenvalue weighted by Crippen LogP contribution is 2.23. The molecule has 0 fully saturated rings. The van der Waals surface area contributed by atoms with Crippen molar-refractivity contribution in [2.45, 2.75) is 6.92 Å². The van der Waals surface area contributed by atoms with Gasteiger partial charge in [0.15, 0.2) is 23.8 Å². The van der Waals surface area contributed by atoms with Gasteiger partial charge in [0.25, 0.3) is 5.91 Å². The number of nitrogens with zero attached hydrogens (tertiary/aromatic N) is 4. The molecule has 1 amide bonds. The molecule has 29 heavy (non-hydrogen) atoms. The number of pyridine rings is 2. The van der Waals surface area contributed by atoms with Gasteiger partial charge < -0.3 is 4.74 Å². The molecule has 3 heterocycles. The van der Waals surface area contributed by atoms with E-state index < -0.39 is 17.7 Å². The summed E-state index contributed by atoms with van der Waals surface area (Å²) < 4.78 is 33.4. The third kappa shape index (κ3) is 4.03. The third-order valence-electron chi connectivity index (χ3n) is 4.14. The lowest BCUT2D eigenvalue weighted by atomic mass is 10.1. The molecule has 4 rings (SSSR count). The largest absolute Gasteiger partial charge is 0.481 e. The van der Waals surface area contributed by atoms with Gasteiger partial charge in [0.1, 0.15) is 0 Å². The maximum Gasteiger partial charge on any atom is 0.264 e. The van der Waals surface area contributed by atoms with Crippen LogP contribution in [-0.2, 0) is 4.79 Å². The van der Waals surface area contributed by atoms with E-state index in [0.29, 0.717) is 11.3 Å². The molecule has 4 aromatic rings. The van der Waals surface area contributed by atoms with Gasteiger partial charge in [-0.2, -0.15) is 9.37 Å². The smallest absolute Gasteiger partial charge is 0.264 e. The zero-order chi connectivity index (χ0) is 20.4. The zero-order valence-corrected chi connectivity index (χ0v) is 15.3. The molecule has 0 saturated heterocycles. The number of hydrogen-bond acceptors (Lipinski definition) is 5. The SMILES string of the molecule is Cc1nc(F)ccc1-c1ccc2nc(NC(=O)COc3ccccc3F)nn2c1. The van der Waals surface area contributed by atoms with Crippen LogP contribution in [-0.4, -0.2) is 32.1 Å². The first-order valence-corrected chi connectivity index (χ1v) is 8.67. The van der Waals surface area contributed by atoms with Crippen molar-refractivity contribution in [2.24, 2.45) is 0 Å². The Morgan fingerprint density at radius 3 is 2.72 bits per heavy atom. The molecule has 0 aliphatic heterocycles. The molecule has 0 aliphatic rings. The Balaban J connectivity index is 1.49. The van der Waals surface area contributed by atoms with Crippen molar-refractivity contribution in [3.63, 3.8) is 0 Å². The van der Waals surface area contributed by atoms with Crippen LogP contribution in [0, 0.1) is 18.7 Å². The van der Waals surface area contributed by atoms with Gasteiger partial charge in [0.2, 0.25) is 11.9 Å². The maximum atomic E-state index is 13.5. The number of anilines is 1. The van der Waals surface area contributed by atoms with E-state index in [4.69, 9.17) is 4.74 Å². The zero-order valence-electron chi connectivity index (χ0n) is 15.3. The number of halogens is 2. The van der Waals surface area contributed by atoms with Crippen molar-refractivity contribution in [3.8, 4) is 16.9 Å². The summed E-state index contributed by atoms with van der Waals surface area (Å²) in [6.07, 6.45) is 1.70. The minimum atomic E-state index is -0.552. The number of para-hydroxylation sites is 1. The minimum absolute atomic E-state index is 0.0153. The Bertz CT molecular complexity index is 1210. The van der Waals surface area contributed by atoms with Gasteiger partial charge in [0, 0.05) is 23.0 Å². The number of fused-ring (bicyclic) bond motifs is 1. The molecule has 0 spiro atoms. The molecule has 0 atom stereocenters. The summed E-state index contributed by atoms with van der Waals surface area (Å²) in [7, 11) is 0. The van der Waals surface area contributed by atoms with E-state index in [0.717, 1.165) is 11.1 Å². The predicted octanol–water partition coefficient (Wildman–Crippen LogP) is 3.40. The van der Waals surface area contributed by atoms with Crippen LogP contribution in [0.2, 0.25) is 0 Å². The Morgan fingerprint density at radius 1 is 1.10 bits per heavy atom. The van der Waals surface area contributed by atoms with E-state index in [1.54, 1.807) is 37.4 Å². The van der Waals surface area contributed by atoms with Gasteiger partial charge in [-0.3, -0.25) is 10.1 Å². The molecule has 9 heteroatoms. The highest BCUT2D eigenvalue weighted by molar-refractivity contribution is 5.90. The van der Waals surface area contributed by atoms with Crippen molar-refractivity contribution >= 4 is 17.5 Å². The fraction of sp³-hybridized carbons (Fsp3) is 0.100.